The number of nitrogens with one attached hydrogen (secondary N) is 2. The summed E-state index contributed by atoms with van der Waals surface area (Å²) >= 11 is 0. The van der Waals surface area contributed by atoms with Crippen LogP contribution in [-0.2, 0) is 24.7 Å². The molecule has 0 saturated carbocycles. The number of ether oxygens (including phenoxy) is 2. The molecule has 3 rings (SSSR count). The van der Waals surface area contributed by atoms with Gasteiger partial charge in [0.25, 0.3) is 0 Å². The van der Waals surface area contributed by atoms with Crippen LogP contribution in [0.3, 0.4) is 0 Å². The minimum Gasteiger partial charge on any atom is -0.463 e. The fourth-order valence-electron chi connectivity index (χ4n) is 3.58. The maximum absolute atomic E-state index is 13.2. The molecule has 0 aliphatic carbocycles. The molecule has 8 nitrogen and oxygen atoms in total. The molecular formula is C24H26N2O6. The Morgan fingerprint density at radius 3 is 2.03 bits per heavy atom. The number of rotatable bonds is 8. The van der Waals surface area contributed by atoms with Gasteiger partial charge in [-0.15, -0.1) is 0 Å². The number of amides is 2. The van der Waals surface area contributed by atoms with Crippen LogP contribution in [0.15, 0.2) is 71.9 Å². The van der Waals surface area contributed by atoms with Crippen molar-refractivity contribution < 1.29 is 29.0 Å². The van der Waals surface area contributed by atoms with E-state index in [9.17, 15) is 19.5 Å². The van der Waals surface area contributed by atoms with Gasteiger partial charge in [-0.3, -0.25) is 0 Å². The second-order valence-corrected chi connectivity index (χ2v) is 7.19. The summed E-state index contributed by atoms with van der Waals surface area (Å²) in [6, 6.07) is 15.7. The molecule has 3 N–H and O–H groups in total. The Morgan fingerprint density at radius 2 is 1.53 bits per heavy atom. The molecule has 0 fully saturated rings. The molecule has 0 spiro atoms. The Bertz CT molecular complexity index is 964. The molecule has 1 aliphatic heterocycles. The van der Waals surface area contributed by atoms with Crippen molar-refractivity contribution in [3.05, 3.63) is 83.1 Å². The Balaban J connectivity index is 1.94. The molecule has 0 radical (unpaired) electrons. The Kier molecular flexibility index (Phi) is 7.27. The fraction of sp³-hybridized carbons (Fsp3) is 0.292. The van der Waals surface area contributed by atoms with Crippen molar-refractivity contribution in [2.45, 2.75) is 31.9 Å². The Hall–Kier alpha value is -3.65. The monoisotopic (exact) mass is 438 g/mol. The van der Waals surface area contributed by atoms with E-state index in [2.05, 4.69) is 10.6 Å². The van der Waals surface area contributed by atoms with Gasteiger partial charge in [0, 0.05) is 0 Å². The molecular weight excluding hydrogens is 412 g/mol. The predicted octanol–water partition coefficient (Wildman–Crippen LogP) is 2.37. The summed E-state index contributed by atoms with van der Waals surface area (Å²) in [5.74, 6) is -1.55. The van der Waals surface area contributed by atoms with Gasteiger partial charge in [-0.1, -0.05) is 67.6 Å². The minimum atomic E-state index is -2.08. The normalized spacial score (nSPS) is 16.1. The molecule has 0 unspecified atom stereocenters. The zero-order chi connectivity index (χ0) is 23.1. The molecule has 0 saturated heterocycles. The first-order chi connectivity index (χ1) is 15.4. The van der Waals surface area contributed by atoms with E-state index in [1.807, 2.05) is 6.92 Å². The number of carbonyl (C=O) groups excluding carboxylic acids is 3. The van der Waals surface area contributed by atoms with Crippen LogP contribution < -0.4 is 10.6 Å². The maximum Gasteiger partial charge on any atom is 0.348 e. The van der Waals surface area contributed by atoms with Crippen molar-refractivity contribution in [3.8, 4) is 0 Å². The highest BCUT2D eigenvalue weighted by atomic mass is 16.6. The van der Waals surface area contributed by atoms with Gasteiger partial charge in [-0.25, -0.2) is 14.4 Å². The summed E-state index contributed by atoms with van der Waals surface area (Å²) in [7, 11) is 0. The van der Waals surface area contributed by atoms with Crippen molar-refractivity contribution in [1.82, 2.24) is 10.6 Å². The largest absolute Gasteiger partial charge is 0.463 e. The molecule has 32 heavy (non-hydrogen) atoms. The first-order valence-electron chi connectivity index (χ1n) is 10.4. The fourth-order valence-corrected chi connectivity index (χ4v) is 3.58. The summed E-state index contributed by atoms with van der Waals surface area (Å²) in [4.78, 5) is 37.8. The van der Waals surface area contributed by atoms with Crippen LogP contribution in [0, 0.1) is 0 Å². The topological polar surface area (TPSA) is 114 Å². The number of carbonyl (C=O) groups is 3. The van der Waals surface area contributed by atoms with Crippen LogP contribution in [0.2, 0.25) is 0 Å². The van der Waals surface area contributed by atoms with Crippen molar-refractivity contribution in [2.24, 2.45) is 0 Å². The molecule has 0 bridgehead atoms. The van der Waals surface area contributed by atoms with Crippen LogP contribution in [-0.4, -0.2) is 42.3 Å². The number of benzene rings is 2. The number of hydrogen-bond donors (Lipinski definition) is 3. The standard InChI is InChI=1S/C24H26N2O6/c1-3-18-20(21(27)31-4-2)19(26-23(29)25-18)15-32-22(28)24(30,16-11-7-5-8-12-16)17-13-9-6-10-14-17/h5-14,18,30H,3-4,15H2,1-2H3,(H2,25,26,29)/t18-/m1/s1. The molecule has 1 atom stereocenters. The van der Waals surface area contributed by atoms with Crippen LogP contribution in [0.5, 0.6) is 0 Å². The first kappa shape index (κ1) is 23.0. The molecule has 2 aromatic carbocycles. The van der Waals surface area contributed by atoms with Crippen molar-refractivity contribution in [1.29, 1.82) is 0 Å². The average Bonchev–Trinajstić information content (AvgIpc) is 2.82. The summed E-state index contributed by atoms with van der Waals surface area (Å²) in [6.45, 7) is 3.22. The summed E-state index contributed by atoms with van der Waals surface area (Å²) < 4.78 is 10.6. The predicted molar refractivity (Wildman–Crippen MR) is 116 cm³/mol. The Morgan fingerprint density at radius 1 is 0.969 bits per heavy atom. The van der Waals surface area contributed by atoms with Gasteiger partial charge >= 0.3 is 18.0 Å². The van der Waals surface area contributed by atoms with Gasteiger partial charge < -0.3 is 25.2 Å². The first-order valence-corrected chi connectivity index (χ1v) is 10.4. The lowest BCUT2D eigenvalue weighted by molar-refractivity contribution is -0.161. The van der Waals surface area contributed by atoms with E-state index >= 15 is 0 Å². The maximum atomic E-state index is 13.2. The van der Waals surface area contributed by atoms with Gasteiger partial charge in [0.05, 0.1) is 23.9 Å². The second-order valence-electron chi connectivity index (χ2n) is 7.19. The minimum absolute atomic E-state index is 0.121. The van der Waals surface area contributed by atoms with E-state index in [1.54, 1.807) is 67.6 Å². The third-order valence-corrected chi connectivity index (χ3v) is 5.17. The third-order valence-electron chi connectivity index (χ3n) is 5.17. The molecule has 168 valence electrons. The van der Waals surface area contributed by atoms with Crippen LogP contribution in [0.4, 0.5) is 4.79 Å². The highest BCUT2D eigenvalue weighted by molar-refractivity contribution is 5.95. The summed E-state index contributed by atoms with van der Waals surface area (Å²) in [6.07, 6.45) is 0.441. The Labute approximate surface area is 186 Å². The second kappa shape index (κ2) is 10.1. The zero-order valence-corrected chi connectivity index (χ0v) is 18.0. The van der Waals surface area contributed by atoms with Crippen LogP contribution >= 0.6 is 0 Å². The van der Waals surface area contributed by atoms with E-state index in [-0.39, 0.29) is 17.9 Å². The van der Waals surface area contributed by atoms with Gasteiger partial charge in [-0.2, -0.15) is 0 Å². The summed E-state index contributed by atoms with van der Waals surface area (Å²) in [5.41, 5.74) is -1.11. The lowest BCUT2D eigenvalue weighted by atomic mass is 9.86. The van der Waals surface area contributed by atoms with E-state index < -0.39 is 36.2 Å². The highest BCUT2D eigenvalue weighted by Crippen LogP contribution is 2.31. The van der Waals surface area contributed by atoms with Gasteiger partial charge in [-0.05, 0) is 24.5 Å². The van der Waals surface area contributed by atoms with E-state index in [1.165, 1.54) is 0 Å². The highest BCUT2D eigenvalue weighted by Gasteiger charge is 2.42. The number of esters is 2. The van der Waals surface area contributed by atoms with E-state index in [0.29, 0.717) is 17.5 Å². The lowest BCUT2D eigenvalue weighted by Crippen LogP contribution is -2.51. The smallest absolute Gasteiger partial charge is 0.348 e. The number of urea groups is 1. The molecule has 8 heteroatoms. The zero-order valence-electron chi connectivity index (χ0n) is 18.0. The van der Waals surface area contributed by atoms with E-state index in [0.717, 1.165) is 0 Å². The third kappa shape index (κ3) is 4.65. The van der Waals surface area contributed by atoms with Crippen molar-refractivity contribution in [3.63, 3.8) is 0 Å². The SMILES string of the molecule is CCOC(=O)C1=C(COC(=O)C(O)(c2ccccc2)c2ccccc2)NC(=O)N[C@@H]1CC. The van der Waals surface area contributed by atoms with E-state index in [4.69, 9.17) is 9.47 Å². The molecule has 1 heterocycles. The number of hydrogen-bond acceptors (Lipinski definition) is 6. The van der Waals surface area contributed by atoms with Crippen molar-refractivity contribution in [2.75, 3.05) is 13.2 Å². The van der Waals surface area contributed by atoms with Gasteiger partial charge in [0.15, 0.2) is 0 Å². The van der Waals surface area contributed by atoms with Gasteiger partial charge in [0.2, 0.25) is 5.60 Å². The molecule has 2 amide bonds. The van der Waals surface area contributed by atoms with Crippen LogP contribution in [0.25, 0.3) is 0 Å². The molecule has 2 aromatic rings. The van der Waals surface area contributed by atoms with Gasteiger partial charge in [0.1, 0.15) is 6.61 Å². The summed E-state index contributed by atoms with van der Waals surface area (Å²) in [5, 5.41) is 16.7. The quantitative estimate of drug-likeness (QED) is 0.546. The average molecular weight is 438 g/mol. The van der Waals surface area contributed by atoms with Crippen LogP contribution in [0.1, 0.15) is 31.4 Å². The molecule has 0 aromatic heterocycles. The molecule has 1 aliphatic rings. The lowest BCUT2D eigenvalue weighted by Gasteiger charge is -2.30. The van der Waals surface area contributed by atoms with Crippen molar-refractivity contribution >= 4 is 18.0 Å². The number of aliphatic hydroxyl groups is 1.